The zero-order chi connectivity index (χ0) is 19.9. The summed E-state index contributed by atoms with van der Waals surface area (Å²) >= 11 is 1.05. The highest BCUT2D eigenvalue weighted by molar-refractivity contribution is 8.16. The van der Waals surface area contributed by atoms with Crippen molar-refractivity contribution in [2.75, 3.05) is 4.90 Å². The molecule has 0 saturated carbocycles. The minimum atomic E-state index is -1.06. The zero-order valence-electron chi connectivity index (χ0n) is 14.7. The van der Waals surface area contributed by atoms with Crippen molar-refractivity contribution in [3.63, 3.8) is 0 Å². The molecule has 28 heavy (non-hydrogen) atoms. The Morgan fingerprint density at radius 1 is 1.14 bits per heavy atom. The highest BCUT2D eigenvalue weighted by Gasteiger charge is 2.40. The van der Waals surface area contributed by atoms with Crippen LogP contribution in [0.5, 0.6) is 5.75 Å². The number of allylic oxidation sites excluding steroid dienone is 1. The van der Waals surface area contributed by atoms with Crippen molar-refractivity contribution in [3.8, 4) is 5.75 Å². The highest BCUT2D eigenvalue weighted by atomic mass is 32.2. The first-order chi connectivity index (χ1) is 13.5. The highest BCUT2D eigenvalue weighted by Crippen LogP contribution is 2.34. The molecule has 7 nitrogen and oxygen atoms in total. The van der Waals surface area contributed by atoms with Gasteiger partial charge in [0.25, 0.3) is 0 Å². The lowest BCUT2D eigenvalue weighted by Gasteiger charge is -2.15. The van der Waals surface area contributed by atoms with E-state index in [2.05, 4.69) is 10.2 Å². The number of carboxylic acid groups (broad SMARTS) is 1. The fraction of sp³-hybridized carbons (Fsp3) is 0.100. The minimum Gasteiger partial charge on any atom is -0.508 e. The Morgan fingerprint density at radius 2 is 1.86 bits per heavy atom. The molecule has 8 heteroatoms. The van der Waals surface area contributed by atoms with E-state index < -0.39 is 11.2 Å². The third kappa shape index (κ3) is 4.86. The number of thioether (sulfide) groups is 1. The number of hydrogen-bond donors (Lipinski definition) is 2. The molecular weight excluding hydrogens is 378 g/mol. The summed E-state index contributed by atoms with van der Waals surface area (Å²) in [5, 5.41) is 26.0. The fourth-order valence-electron chi connectivity index (χ4n) is 2.50. The molecule has 2 aromatic carbocycles. The van der Waals surface area contributed by atoms with E-state index in [1.807, 2.05) is 36.4 Å². The number of carbonyl (C=O) groups is 2. The van der Waals surface area contributed by atoms with Crippen molar-refractivity contribution < 1.29 is 19.8 Å². The second kappa shape index (κ2) is 9.01. The number of phenolic OH excluding ortho intramolecular Hbond substituents is 1. The molecule has 0 bridgehead atoms. The average molecular weight is 395 g/mol. The van der Waals surface area contributed by atoms with E-state index in [0.717, 1.165) is 17.3 Å². The van der Waals surface area contributed by atoms with E-state index in [1.165, 1.54) is 23.2 Å². The van der Waals surface area contributed by atoms with Gasteiger partial charge < -0.3 is 10.2 Å². The van der Waals surface area contributed by atoms with Crippen LogP contribution >= 0.6 is 11.8 Å². The molecule has 0 aromatic heterocycles. The van der Waals surface area contributed by atoms with Gasteiger partial charge in [0.2, 0.25) is 5.91 Å². The number of nitrogens with zero attached hydrogens (tertiary/aromatic N) is 3. The normalized spacial score (nSPS) is 18.6. The molecule has 0 spiro atoms. The van der Waals surface area contributed by atoms with Gasteiger partial charge in [-0.15, -0.1) is 5.10 Å². The molecule has 3 rings (SSSR count). The first-order valence-corrected chi connectivity index (χ1v) is 9.27. The molecule has 0 radical (unpaired) electrons. The summed E-state index contributed by atoms with van der Waals surface area (Å²) in [5.41, 5.74) is 1.50. The number of phenols is 1. The number of aliphatic carboxylic acids is 1. The van der Waals surface area contributed by atoms with Gasteiger partial charge in [-0.25, -0.2) is 0 Å². The number of carbonyl (C=O) groups excluding carboxylic acids is 1. The van der Waals surface area contributed by atoms with Gasteiger partial charge in [0, 0.05) is 6.21 Å². The van der Waals surface area contributed by atoms with Crippen LogP contribution < -0.4 is 4.90 Å². The first kappa shape index (κ1) is 19.4. The van der Waals surface area contributed by atoms with Crippen LogP contribution in [0.15, 0.2) is 70.9 Å². The van der Waals surface area contributed by atoms with E-state index in [-0.39, 0.29) is 23.2 Å². The maximum absolute atomic E-state index is 12.6. The number of aromatic hydroxyl groups is 1. The number of anilines is 1. The van der Waals surface area contributed by atoms with Crippen LogP contribution in [-0.4, -0.2) is 38.7 Å². The fourth-order valence-corrected chi connectivity index (χ4v) is 3.59. The third-order valence-electron chi connectivity index (χ3n) is 3.79. The molecule has 1 aliphatic heterocycles. The maximum atomic E-state index is 12.6. The van der Waals surface area contributed by atoms with Crippen molar-refractivity contribution in [1.82, 2.24) is 0 Å². The Hall–Kier alpha value is -3.39. The SMILES string of the molecule is O=C(O)CC1S\C(=N/N=C/C=C/c2ccccc2)N(c2ccc(O)cc2)C1=O. The number of benzene rings is 2. The molecule has 1 fully saturated rings. The molecule has 1 amide bonds. The average Bonchev–Trinajstić information content (AvgIpc) is 2.98. The Morgan fingerprint density at radius 3 is 2.54 bits per heavy atom. The summed E-state index contributed by atoms with van der Waals surface area (Å²) in [6.07, 6.45) is 4.77. The lowest BCUT2D eigenvalue weighted by molar-refractivity contribution is -0.138. The molecule has 1 saturated heterocycles. The smallest absolute Gasteiger partial charge is 0.305 e. The third-order valence-corrected chi connectivity index (χ3v) is 4.91. The van der Waals surface area contributed by atoms with Gasteiger partial charge in [-0.3, -0.25) is 14.5 Å². The van der Waals surface area contributed by atoms with Gasteiger partial charge in [-0.1, -0.05) is 48.2 Å². The van der Waals surface area contributed by atoms with Crippen molar-refractivity contribution in [3.05, 3.63) is 66.2 Å². The molecule has 1 aliphatic rings. The molecule has 2 N–H and O–H groups in total. The summed E-state index contributed by atoms with van der Waals surface area (Å²) < 4.78 is 0. The second-order valence-corrected chi connectivity index (χ2v) is 6.98. The quantitative estimate of drug-likeness (QED) is 0.577. The summed E-state index contributed by atoms with van der Waals surface area (Å²) in [6, 6.07) is 15.7. The number of amidine groups is 1. The topological polar surface area (TPSA) is 103 Å². The summed E-state index contributed by atoms with van der Waals surface area (Å²) in [4.78, 5) is 25.0. The zero-order valence-corrected chi connectivity index (χ0v) is 15.5. The standard InChI is InChI=1S/C20H17N3O4S/c24-16-10-8-15(9-11-16)23-19(27)17(13-18(25)26)28-20(23)22-21-12-4-7-14-5-2-1-3-6-14/h1-12,17,24H,13H2,(H,25,26)/b7-4+,21-12+,22-20-. The van der Waals surface area contributed by atoms with Crippen molar-refractivity contribution in [1.29, 1.82) is 0 Å². The molecular formula is C20H17N3O4S. The van der Waals surface area contributed by atoms with Crippen LogP contribution in [0.25, 0.3) is 6.08 Å². The van der Waals surface area contributed by atoms with E-state index in [4.69, 9.17) is 5.11 Å². The molecule has 0 aliphatic carbocycles. The first-order valence-electron chi connectivity index (χ1n) is 8.39. The molecule has 1 atom stereocenters. The number of carboxylic acids is 1. The van der Waals surface area contributed by atoms with Gasteiger partial charge in [0.15, 0.2) is 5.17 Å². The number of amides is 1. The lowest BCUT2D eigenvalue weighted by atomic mass is 10.2. The van der Waals surface area contributed by atoms with E-state index in [0.29, 0.717) is 5.69 Å². The second-order valence-electron chi connectivity index (χ2n) is 5.81. The van der Waals surface area contributed by atoms with Gasteiger partial charge in [-0.05, 0) is 35.9 Å². The number of hydrogen-bond acceptors (Lipinski definition) is 6. The largest absolute Gasteiger partial charge is 0.508 e. The monoisotopic (exact) mass is 395 g/mol. The minimum absolute atomic E-state index is 0.0627. The summed E-state index contributed by atoms with van der Waals surface area (Å²) in [5.74, 6) is -1.38. The van der Waals surface area contributed by atoms with Crippen LogP contribution in [0.2, 0.25) is 0 Å². The summed E-state index contributed by atoms with van der Waals surface area (Å²) in [7, 11) is 0. The van der Waals surface area contributed by atoms with Crippen LogP contribution in [0.3, 0.4) is 0 Å². The Bertz CT molecular complexity index is 940. The van der Waals surface area contributed by atoms with Gasteiger partial charge >= 0.3 is 5.97 Å². The predicted octanol–water partition coefficient (Wildman–Crippen LogP) is 3.37. The van der Waals surface area contributed by atoms with Crippen molar-refractivity contribution >= 4 is 46.8 Å². The van der Waals surface area contributed by atoms with Crippen LogP contribution in [0.4, 0.5) is 5.69 Å². The maximum Gasteiger partial charge on any atom is 0.305 e. The molecule has 1 heterocycles. The van der Waals surface area contributed by atoms with Gasteiger partial charge in [0.05, 0.1) is 12.1 Å². The molecule has 2 aromatic rings. The van der Waals surface area contributed by atoms with Crippen molar-refractivity contribution in [2.24, 2.45) is 10.2 Å². The lowest BCUT2D eigenvalue weighted by Crippen LogP contribution is -2.32. The van der Waals surface area contributed by atoms with Crippen LogP contribution in [0, 0.1) is 0 Å². The molecule has 1 unspecified atom stereocenters. The molecule has 142 valence electrons. The van der Waals surface area contributed by atoms with E-state index in [9.17, 15) is 14.7 Å². The van der Waals surface area contributed by atoms with Crippen LogP contribution in [0.1, 0.15) is 12.0 Å². The van der Waals surface area contributed by atoms with E-state index in [1.54, 1.807) is 18.2 Å². The Labute approximate surface area is 165 Å². The van der Waals surface area contributed by atoms with Gasteiger partial charge in [0.1, 0.15) is 11.0 Å². The van der Waals surface area contributed by atoms with E-state index >= 15 is 0 Å². The summed E-state index contributed by atoms with van der Waals surface area (Å²) in [6.45, 7) is 0. The van der Waals surface area contributed by atoms with Crippen LogP contribution in [-0.2, 0) is 9.59 Å². The van der Waals surface area contributed by atoms with Gasteiger partial charge in [-0.2, -0.15) is 5.10 Å². The predicted molar refractivity (Wildman–Crippen MR) is 111 cm³/mol. The number of rotatable bonds is 6. The van der Waals surface area contributed by atoms with Crippen molar-refractivity contribution in [2.45, 2.75) is 11.7 Å². The Kier molecular flexibility index (Phi) is 6.23. The Balaban J connectivity index is 1.80.